The number of aromatic nitrogens is 1. The van der Waals surface area contributed by atoms with Gasteiger partial charge in [-0.05, 0) is 49.7 Å². The molecule has 1 aromatic carbocycles. The number of rotatable bonds is 5. The van der Waals surface area contributed by atoms with Gasteiger partial charge in [-0.3, -0.25) is 0 Å². The number of hydrogen-bond acceptors (Lipinski definition) is 1. The fourth-order valence-electron chi connectivity index (χ4n) is 3.97. The highest BCUT2D eigenvalue weighted by molar-refractivity contribution is 5.85. The number of fused-ring (bicyclic) bond motifs is 3. The van der Waals surface area contributed by atoms with Gasteiger partial charge in [0, 0.05) is 28.7 Å². The first-order valence-electron chi connectivity index (χ1n) is 8.70. The van der Waals surface area contributed by atoms with E-state index in [1.807, 2.05) is 0 Å². The van der Waals surface area contributed by atoms with Gasteiger partial charge in [0.05, 0.1) is 0 Å². The van der Waals surface area contributed by atoms with Crippen molar-refractivity contribution in [1.29, 1.82) is 0 Å². The molecule has 4 rings (SSSR count). The minimum absolute atomic E-state index is 0.532. The minimum Gasteiger partial charge on any atom is -0.357 e. The summed E-state index contributed by atoms with van der Waals surface area (Å²) in [5, 5.41) is 5.40. The molecule has 2 atom stereocenters. The molecule has 2 nitrogen and oxygen atoms in total. The van der Waals surface area contributed by atoms with Gasteiger partial charge in [-0.1, -0.05) is 38.0 Å². The zero-order valence-corrected chi connectivity index (χ0v) is 13.0. The molecule has 0 saturated heterocycles. The van der Waals surface area contributed by atoms with E-state index in [-0.39, 0.29) is 0 Å². The van der Waals surface area contributed by atoms with Crippen LogP contribution in [0.25, 0.3) is 10.9 Å². The fraction of sp³-hybridized carbons (Fsp3) is 0.579. The van der Waals surface area contributed by atoms with Crippen LogP contribution >= 0.6 is 0 Å². The molecule has 1 saturated carbocycles. The summed E-state index contributed by atoms with van der Waals surface area (Å²) in [6, 6.07) is 10.0. The van der Waals surface area contributed by atoms with Crippen LogP contribution in [0.3, 0.4) is 0 Å². The van der Waals surface area contributed by atoms with Crippen molar-refractivity contribution in [3.8, 4) is 0 Å². The molecule has 2 N–H and O–H groups in total. The molecule has 0 spiro atoms. The van der Waals surface area contributed by atoms with E-state index in [0.29, 0.717) is 12.1 Å². The minimum atomic E-state index is 0.532. The molecule has 2 unspecified atom stereocenters. The molecule has 0 amide bonds. The van der Waals surface area contributed by atoms with E-state index in [1.165, 1.54) is 61.5 Å². The van der Waals surface area contributed by atoms with E-state index < -0.39 is 0 Å². The van der Waals surface area contributed by atoms with Crippen molar-refractivity contribution in [3.05, 3.63) is 35.5 Å². The lowest BCUT2D eigenvalue weighted by atomic mass is 9.90. The molecule has 2 aromatic rings. The molecule has 0 aliphatic heterocycles. The highest BCUT2D eigenvalue weighted by Gasteiger charge is 2.29. The van der Waals surface area contributed by atoms with Gasteiger partial charge in [0.25, 0.3) is 0 Å². The second-order valence-electron chi connectivity index (χ2n) is 6.96. The zero-order valence-electron chi connectivity index (χ0n) is 13.0. The first kappa shape index (κ1) is 13.4. The molecular formula is C19H26N2. The van der Waals surface area contributed by atoms with Crippen molar-refractivity contribution in [3.63, 3.8) is 0 Å². The van der Waals surface area contributed by atoms with Crippen LogP contribution in [0.4, 0.5) is 0 Å². The largest absolute Gasteiger partial charge is 0.357 e. The van der Waals surface area contributed by atoms with Gasteiger partial charge in [-0.25, -0.2) is 0 Å². The number of benzene rings is 1. The van der Waals surface area contributed by atoms with Gasteiger partial charge >= 0.3 is 0 Å². The molecule has 21 heavy (non-hydrogen) atoms. The quantitative estimate of drug-likeness (QED) is 0.816. The normalized spacial score (nSPS) is 23.2. The summed E-state index contributed by atoms with van der Waals surface area (Å²) in [5.74, 6) is 1.01. The molecular weight excluding hydrogens is 256 g/mol. The van der Waals surface area contributed by atoms with Crippen LogP contribution < -0.4 is 5.32 Å². The lowest BCUT2D eigenvalue weighted by molar-refractivity contribution is 0.358. The molecule has 112 valence electrons. The number of H-pyrrole nitrogens is 1. The summed E-state index contributed by atoms with van der Waals surface area (Å²) >= 11 is 0. The second-order valence-corrected chi connectivity index (χ2v) is 6.96. The summed E-state index contributed by atoms with van der Waals surface area (Å²) in [6.45, 7) is 2.33. The Kier molecular flexibility index (Phi) is 3.50. The number of nitrogens with one attached hydrogen (secondary N) is 2. The Hall–Kier alpha value is -1.28. The Morgan fingerprint density at radius 2 is 2.10 bits per heavy atom. The summed E-state index contributed by atoms with van der Waals surface area (Å²) in [7, 11) is 0. The van der Waals surface area contributed by atoms with Gasteiger partial charge in [-0.2, -0.15) is 0 Å². The van der Waals surface area contributed by atoms with Crippen molar-refractivity contribution >= 4 is 10.9 Å². The summed E-state index contributed by atoms with van der Waals surface area (Å²) in [5.41, 5.74) is 4.35. The number of aromatic amines is 1. The zero-order chi connectivity index (χ0) is 14.2. The highest BCUT2D eigenvalue weighted by atomic mass is 15.0. The smallest absolute Gasteiger partial charge is 0.0478 e. The number of aryl methyl sites for hydroxylation is 1. The first-order valence-corrected chi connectivity index (χ1v) is 8.70. The third-order valence-electron chi connectivity index (χ3n) is 5.36. The standard InChI is InChI=1S/C19H26N2/c1-2-14(12-13-10-11-13)20-18-9-5-7-16-15-6-3-4-8-17(15)21-19(16)18/h3-4,6,8,13-14,18,20-21H,2,5,7,9-12H2,1H3. The maximum absolute atomic E-state index is 3.96. The van der Waals surface area contributed by atoms with Crippen LogP contribution in [-0.2, 0) is 6.42 Å². The van der Waals surface area contributed by atoms with E-state index in [1.54, 1.807) is 5.56 Å². The first-order chi connectivity index (χ1) is 10.3. The Morgan fingerprint density at radius 1 is 1.24 bits per heavy atom. The van der Waals surface area contributed by atoms with Crippen molar-refractivity contribution in [2.75, 3.05) is 0 Å². The van der Waals surface area contributed by atoms with Gasteiger partial charge < -0.3 is 10.3 Å². The van der Waals surface area contributed by atoms with E-state index in [9.17, 15) is 0 Å². The van der Waals surface area contributed by atoms with Crippen LogP contribution in [0.15, 0.2) is 24.3 Å². The Labute approximate surface area is 127 Å². The molecule has 0 radical (unpaired) electrons. The van der Waals surface area contributed by atoms with Gasteiger partial charge in [0.2, 0.25) is 0 Å². The van der Waals surface area contributed by atoms with Gasteiger partial charge in [0.15, 0.2) is 0 Å². The van der Waals surface area contributed by atoms with Crippen molar-refractivity contribution in [2.24, 2.45) is 5.92 Å². The van der Waals surface area contributed by atoms with Gasteiger partial charge in [0.1, 0.15) is 0 Å². The monoisotopic (exact) mass is 282 g/mol. The summed E-state index contributed by atoms with van der Waals surface area (Å²) in [4.78, 5) is 3.70. The predicted octanol–water partition coefficient (Wildman–Crippen LogP) is 4.71. The topological polar surface area (TPSA) is 27.8 Å². The molecule has 2 aliphatic carbocycles. The van der Waals surface area contributed by atoms with Crippen LogP contribution in [0.1, 0.15) is 62.7 Å². The molecule has 1 aromatic heterocycles. The predicted molar refractivity (Wildman–Crippen MR) is 88.5 cm³/mol. The average Bonchev–Trinajstić information content (AvgIpc) is 3.25. The average molecular weight is 282 g/mol. The SMILES string of the molecule is CCC(CC1CC1)NC1CCCc2c1[nH]c1ccccc21. The molecule has 1 fully saturated rings. The molecule has 2 heteroatoms. The van der Waals surface area contributed by atoms with Crippen LogP contribution in [-0.4, -0.2) is 11.0 Å². The Morgan fingerprint density at radius 3 is 2.90 bits per heavy atom. The van der Waals surface area contributed by atoms with E-state index in [4.69, 9.17) is 0 Å². The lowest BCUT2D eigenvalue weighted by Crippen LogP contribution is -2.34. The third-order valence-corrected chi connectivity index (χ3v) is 5.36. The third kappa shape index (κ3) is 2.62. The molecule has 0 bridgehead atoms. The van der Waals surface area contributed by atoms with Crippen LogP contribution in [0.2, 0.25) is 0 Å². The lowest BCUT2D eigenvalue weighted by Gasteiger charge is -2.28. The van der Waals surface area contributed by atoms with E-state index >= 15 is 0 Å². The number of para-hydroxylation sites is 1. The molecule has 2 aliphatic rings. The molecule has 1 heterocycles. The van der Waals surface area contributed by atoms with Crippen LogP contribution in [0, 0.1) is 5.92 Å². The van der Waals surface area contributed by atoms with Crippen molar-refractivity contribution < 1.29 is 0 Å². The van der Waals surface area contributed by atoms with E-state index in [2.05, 4.69) is 41.5 Å². The van der Waals surface area contributed by atoms with Crippen molar-refractivity contribution in [2.45, 2.75) is 64.0 Å². The Bertz CT molecular complexity index is 624. The summed E-state index contributed by atoms with van der Waals surface area (Å²) in [6.07, 6.45) is 9.37. The number of hydrogen-bond donors (Lipinski definition) is 2. The van der Waals surface area contributed by atoms with Gasteiger partial charge in [-0.15, -0.1) is 0 Å². The van der Waals surface area contributed by atoms with Crippen molar-refractivity contribution in [1.82, 2.24) is 10.3 Å². The van der Waals surface area contributed by atoms with E-state index in [0.717, 1.165) is 5.92 Å². The summed E-state index contributed by atoms with van der Waals surface area (Å²) < 4.78 is 0. The maximum Gasteiger partial charge on any atom is 0.0478 e. The Balaban J connectivity index is 1.60. The maximum atomic E-state index is 3.96. The highest BCUT2D eigenvalue weighted by Crippen LogP contribution is 2.37. The van der Waals surface area contributed by atoms with Crippen LogP contribution in [0.5, 0.6) is 0 Å². The second kappa shape index (κ2) is 5.49. The fourth-order valence-corrected chi connectivity index (χ4v) is 3.97.